The van der Waals surface area contributed by atoms with Gasteiger partial charge in [0, 0.05) is 18.1 Å². The fourth-order valence-corrected chi connectivity index (χ4v) is 3.26. The van der Waals surface area contributed by atoms with Gasteiger partial charge in [-0.05, 0) is 38.2 Å². The highest BCUT2D eigenvalue weighted by Crippen LogP contribution is 2.23. The summed E-state index contributed by atoms with van der Waals surface area (Å²) in [6.07, 6.45) is 11.8. The quantitative estimate of drug-likeness (QED) is 0.725. The first-order chi connectivity index (χ1) is 10.3. The summed E-state index contributed by atoms with van der Waals surface area (Å²) in [4.78, 5) is 22.6. The number of aromatic nitrogens is 4. The van der Waals surface area contributed by atoms with Gasteiger partial charge >= 0.3 is 5.69 Å². The number of H-pyrrole nitrogens is 2. The molecule has 0 saturated heterocycles. The van der Waals surface area contributed by atoms with Gasteiger partial charge in [0.25, 0.3) is 0 Å². The van der Waals surface area contributed by atoms with Crippen LogP contribution in [0.4, 0.5) is 0 Å². The van der Waals surface area contributed by atoms with Crippen LogP contribution < -0.4 is 5.69 Å². The standard InChI is InChI=1S/C16H18N4O/c21-16-19-13-10-18-15-12(6-8-17-15)14(13)20(16)9-7-11-4-2-1-3-5-11/h4,6,8,10H,1-3,5,7,9H2,(H,17,18)(H,19,21). The highest BCUT2D eigenvalue weighted by atomic mass is 16.1. The normalized spacial score (nSPS) is 15.7. The zero-order chi connectivity index (χ0) is 14.2. The van der Waals surface area contributed by atoms with Crippen molar-refractivity contribution < 1.29 is 0 Å². The molecule has 108 valence electrons. The molecular formula is C16H18N4O. The summed E-state index contributed by atoms with van der Waals surface area (Å²) < 4.78 is 1.85. The van der Waals surface area contributed by atoms with Crippen LogP contribution in [0.1, 0.15) is 32.1 Å². The molecule has 0 radical (unpaired) electrons. The lowest BCUT2D eigenvalue weighted by Gasteiger charge is -2.12. The van der Waals surface area contributed by atoms with Gasteiger partial charge in [-0.25, -0.2) is 9.78 Å². The van der Waals surface area contributed by atoms with Crippen LogP contribution in [0, 0.1) is 0 Å². The van der Waals surface area contributed by atoms with Crippen LogP contribution in [0.25, 0.3) is 22.1 Å². The van der Waals surface area contributed by atoms with Gasteiger partial charge < -0.3 is 9.97 Å². The highest BCUT2D eigenvalue weighted by Gasteiger charge is 2.12. The zero-order valence-corrected chi connectivity index (χ0v) is 11.9. The Balaban J connectivity index is 1.76. The molecule has 21 heavy (non-hydrogen) atoms. The lowest BCUT2D eigenvalue weighted by molar-refractivity contribution is 0.624. The Labute approximate surface area is 121 Å². The SMILES string of the molecule is O=c1[nH]c2cnc3[nH]ccc3c2n1CCC1=CCCCC1. The van der Waals surface area contributed by atoms with E-state index in [1.165, 1.54) is 31.3 Å². The average Bonchev–Trinajstić information content (AvgIpc) is 3.09. The molecule has 5 heteroatoms. The van der Waals surface area contributed by atoms with Gasteiger partial charge in [0.15, 0.2) is 0 Å². The maximum absolute atomic E-state index is 12.2. The summed E-state index contributed by atoms with van der Waals surface area (Å²) in [5.41, 5.74) is 4.04. The van der Waals surface area contributed by atoms with Crippen molar-refractivity contribution >= 4 is 22.1 Å². The van der Waals surface area contributed by atoms with E-state index in [0.717, 1.165) is 35.0 Å². The zero-order valence-electron chi connectivity index (χ0n) is 11.9. The van der Waals surface area contributed by atoms with Crippen molar-refractivity contribution in [3.8, 4) is 0 Å². The third kappa shape index (κ3) is 2.09. The third-order valence-corrected chi connectivity index (χ3v) is 4.36. The highest BCUT2D eigenvalue weighted by molar-refractivity contribution is 6.00. The maximum Gasteiger partial charge on any atom is 0.326 e. The molecule has 5 nitrogen and oxygen atoms in total. The first-order valence-corrected chi connectivity index (χ1v) is 7.55. The first kappa shape index (κ1) is 12.4. The number of aromatic amines is 2. The fraction of sp³-hybridized carbons (Fsp3) is 0.375. The van der Waals surface area contributed by atoms with Crippen molar-refractivity contribution in [2.24, 2.45) is 0 Å². The molecule has 3 heterocycles. The molecule has 0 aromatic carbocycles. The minimum atomic E-state index is -0.0445. The Hall–Kier alpha value is -2.30. The lowest BCUT2D eigenvalue weighted by Crippen LogP contribution is -2.17. The summed E-state index contributed by atoms with van der Waals surface area (Å²) >= 11 is 0. The molecule has 3 aromatic rings. The van der Waals surface area contributed by atoms with E-state index in [9.17, 15) is 4.79 Å². The number of fused-ring (bicyclic) bond motifs is 3. The summed E-state index contributed by atoms with van der Waals surface area (Å²) in [7, 11) is 0. The molecule has 1 aliphatic rings. The number of hydrogen-bond acceptors (Lipinski definition) is 2. The van der Waals surface area contributed by atoms with E-state index in [0.29, 0.717) is 0 Å². The Morgan fingerprint density at radius 3 is 3.14 bits per heavy atom. The number of nitrogens with zero attached hydrogens (tertiary/aromatic N) is 2. The van der Waals surface area contributed by atoms with Gasteiger partial charge in [-0.3, -0.25) is 4.57 Å². The van der Waals surface area contributed by atoms with Crippen molar-refractivity contribution in [2.45, 2.75) is 38.6 Å². The molecule has 2 N–H and O–H groups in total. The van der Waals surface area contributed by atoms with Crippen molar-refractivity contribution in [3.05, 3.63) is 40.6 Å². The largest absolute Gasteiger partial charge is 0.346 e. The smallest absolute Gasteiger partial charge is 0.326 e. The Kier molecular flexibility index (Phi) is 2.91. The van der Waals surface area contributed by atoms with Gasteiger partial charge in [0.05, 0.1) is 17.2 Å². The van der Waals surface area contributed by atoms with Crippen LogP contribution >= 0.6 is 0 Å². The molecule has 0 spiro atoms. The monoisotopic (exact) mass is 282 g/mol. The molecule has 0 amide bonds. The van der Waals surface area contributed by atoms with Crippen LogP contribution in [-0.4, -0.2) is 19.5 Å². The fourth-order valence-electron chi connectivity index (χ4n) is 3.26. The first-order valence-electron chi connectivity index (χ1n) is 7.55. The van der Waals surface area contributed by atoms with Crippen LogP contribution in [0.15, 0.2) is 34.9 Å². The molecule has 0 aliphatic heterocycles. The summed E-state index contributed by atoms with van der Waals surface area (Å²) in [5.74, 6) is 0. The molecule has 0 unspecified atom stereocenters. The number of rotatable bonds is 3. The molecule has 0 atom stereocenters. The molecule has 0 fully saturated rings. The van der Waals surface area contributed by atoms with Crippen LogP contribution in [0.2, 0.25) is 0 Å². The van der Waals surface area contributed by atoms with E-state index >= 15 is 0 Å². The van der Waals surface area contributed by atoms with Crippen LogP contribution in [-0.2, 0) is 6.54 Å². The molecular weight excluding hydrogens is 264 g/mol. The van der Waals surface area contributed by atoms with Gasteiger partial charge in [0.2, 0.25) is 0 Å². The van der Waals surface area contributed by atoms with Crippen LogP contribution in [0.5, 0.6) is 0 Å². The predicted molar refractivity (Wildman–Crippen MR) is 83.4 cm³/mol. The number of hydrogen-bond donors (Lipinski definition) is 2. The minimum Gasteiger partial charge on any atom is -0.346 e. The number of pyridine rings is 1. The van der Waals surface area contributed by atoms with Crippen molar-refractivity contribution in [2.75, 3.05) is 0 Å². The topological polar surface area (TPSA) is 66.5 Å². The molecule has 0 bridgehead atoms. The number of imidazole rings is 1. The Bertz CT molecular complexity index is 881. The number of aryl methyl sites for hydroxylation is 1. The number of allylic oxidation sites excluding steroid dienone is 2. The third-order valence-electron chi connectivity index (χ3n) is 4.36. The van der Waals surface area contributed by atoms with Crippen molar-refractivity contribution in [3.63, 3.8) is 0 Å². The van der Waals surface area contributed by atoms with E-state index in [2.05, 4.69) is 21.0 Å². The minimum absolute atomic E-state index is 0.0445. The van der Waals surface area contributed by atoms with Crippen molar-refractivity contribution in [1.82, 2.24) is 19.5 Å². The van der Waals surface area contributed by atoms with Gasteiger partial charge in [-0.1, -0.05) is 11.6 Å². The summed E-state index contributed by atoms with van der Waals surface area (Å²) in [6, 6.07) is 1.98. The molecule has 0 saturated carbocycles. The van der Waals surface area contributed by atoms with E-state index in [4.69, 9.17) is 0 Å². The van der Waals surface area contributed by atoms with Gasteiger partial charge in [-0.2, -0.15) is 0 Å². The lowest BCUT2D eigenvalue weighted by atomic mass is 9.97. The Morgan fingerprint density at radius 2 is 2.29 bits per heavy atom. The summed E-state index contributed by atoms with van der Waals surface area (Å²) in [6.45, 7) is 0.731. The number of nitrogens with one attached hydrogen (secondary N) is 2. The summed E-state index contributed by atoms with van der Waals surface area (Å²) in [5, 5.41) is 1.00. The maximum atomic E-state index is 12.2. The van der Waals surface area contributed by atoms with E-state index in [1.807, 2.05) is 16.8 Å². The molecule has 1 aliphatic carbocycles. The van der Waals surface area contributed by atoms with Crippen LogP contribution in [0.3, 0.4) is 0 Å². The second kappa shape index (κ2) is 4.91. The van der Waals surface area contributed by atoms with E-state index < -0.39 is 0 Å². The van der Waals surface area contributed by atoms with Crippen molar-refractivity contribution in [1.29, 1.82) is 0 Å². The second-order valence-corrected chi connectivity index (χ2v) is 5.70. The van der Waals surface area contributed by atoms with Gasteiger partial charge in [-0.15, -0.1) is 0 Å². The average molecular weight is 282 g/mol. The van der Waals surface area contributed by atoms with E-state index in [1.54, 1.807) is 6.20 Å². The predicted octanol–water partition coefficient (Wildman–Crippen LogP) is 3.10. The Morgan fingerprint density at radius 1 is 1.33 bits per heavy atom. The second-order valence-electron chi connectivity index (χ2n) is 5.70. The molecule has 3 aromatic heterocycles. The van der Waals surface area contributed by atoms with E-state index in [-0.39, 0.29) is 5.69 Å². The molecule has 4 rings (SSSR count). The van der Waals surface area contributed by atoms with Gasteiger partial charge in [0.1, 0.15) is 5.65 Å².